The predicted molar refractivity (Wildman–Crippen MR) is 202 cm³/mol. The van der Waals surface area contributed by atoms with Gasteiger partial charge in [-0.3, -0.25) is 24.0 Å². The van der Waals surface area contributed by atoms with Crippen molar-refractivity contribution in [2.75, 3.05) is 13.7 Å². The molecule has 0 spiro atoms. The number of carbonyl (C=O) groups excluding carboxylic acids is 5. The molecule has 11 nitrogen and oxygen atoms in total. The van der Waals surface area contributed by atoms with E-state index in [2.05, 4.69) is 16.9 Å². The highest BCUT2D eigenvalue weighted by molar-refractivity contribution is 7.09. The van der Waals surface area contributed by atoms with Crippen LogP contribution in [0.25, 0.3) is 0 Å². The average Bonchev–Trinajstić information content (AvgIpc) is 3.57. The van der Waals surface area contributed by atoms with Gasteiger partial charge in [0.2, 0.25) is 5.91 Å². The SMILES string of the molecule is C=CCOC(=O)[C@@H](C)C[C@H](Cc1ccccc1)NC(=O)c1csc([C@@H](C[C@H](C(C)C)N(C)C(=O)[C@@H](CC(=O)OC(C)(C)C)[C@@H](C)CC)OC(C)=O)n1. The molecule has 1 heterocycles. The normalized spacial score (nSPS) is 15.0. The zero-order valence-corrected chi connectivity index (χ0v) is 33.4. The fourth-order valence-corrected chi connectivity index (χ4v) is 6.84. The lowest BCUT2D eigenvalue weighted by Crippen LogP contribution is -2.46. The van der Waals surface area contributed by atoms with Crippen molar-refractivity contribution in [3.63, 3.8) is 0 Å². The van der Waals surface area contributed by atoms with E-state index >= 15 is 0 Å². The molecular formula is C40H59N3O8S. The molecule has 0 unspecified atom stereocenters. The van der Waals surface area contributed by atoms with E-state index in [9.17, 15) is 24.0 Å². The quantitative estimate of drug-likeness (QED) is 0.0854. The van der Waals surface area contributed by atoms with Gasteiger partial charge in [-0.05, 0) is 51.0 Å². The molecule has 2 rings (SSSR count). The first-order valence-electron chi connectivity index (χ1n) is 18.1. The number of hydrogen-bond acceptors (Lipinski definition) is 10. The summed E-state index contributed by atoms with van der Waals surface area (Å²) in [5, 5.41) is 5.08. The Labute approximate surface area is 313 Å². The Morgan fingerprint density at radius 1 is 1.04 bits per heavy atom. The summed E-state index contributed by atoms with van der Waals surface area (Å²) < 4.78 is 16.6. The summed E-state index contributed by atoms with van der Waals surface area (Å²) in [7, 11) is 1.71. The zero-order chi connectivity index (χ0) is 39.2. The van der Waals surface area contributed by atoms with E-state index in [-0.39, 0.29) is 54.9 Å². The highest BCUT2D eigenvalue weighted by Crippen LogP contribution is 2.32. The molecule has 6 atom stereocenters. The third-order valence-electron chi connectivity index (χ3n) is 8.91. The van der Waals surface area contributed by atoms with Crippen LogP contribution in [0.15, 0.2) is 48.4 Å². The Balaban J connectivity index is 2.32. The van der Waals surface area contributed by atoms with Crippen molar-refractivity contribution in [2.45, 2.75) is 118 Å². The van der Waals surface area contributed by atoms with E-state index in [1.807, 2.05) is 58.0 Å². The molecular weight excluding hydrogens is 683 g/mol. The zero-order valence-electron chi connectivity index (χ0n) is 32.6. The van der Waals surface area contributed by atoms with E-state index in [1.54, 1.807) is 45.0 Å². The van der Waals surface area contributed by atoms with Gasteiger partial charge in [0, 0.05) is 37.9 Å². The predicted octanol–water partition coefficient (Wildman–Crippen LogP) is 7.11. The average molecular weight is 742 g/mol. The molecule has 0 aliphatic heterocycles. The molecule has 1 aromatic carbocycles. The van der Waals surface area contributed by atoms with Gasteiger partial charge < -0.3 is 24.4 Å². The van der Waals surface area contributed by atoms with Crippen LogP contribution < -0.4 is 5.32 Å². The number of benzene rings is 1. The molecule has 0 fully saturated rings. The van der Waals surface area contributed by atoms with Gasteiger partial charge >= 0.3 is 17.9 Å². The van der Waals surface area contributed by atoms with Gasteiger partial charge in [0.1, 0.15) is 22.9 Å². The second-order valence-corrected chi connectivity index (χ2v) is 15.8. The van der Waals surface area contributed by atoms with Crippen molar-refractivity contribution < 1.29 is 38.2 Å². The number of carbonyl (C=O) groups is 5. The van der Waals surface area contributed by atoms with Crippen molar-refractivity contribution in [3.05, 3.63) is 64.6 Å². The number of thiazole rings is 1. The number of rotatable bonds is 20. The first kappa shape index (κ1) is 44.1. The lowest BCUT2D eigenvalue weighted by atomic mass is 9.86. The van der Waals surface area contributed by atoms with Crippen molar-refractivity contribution in [1.82, 2.24) is 15.2 Å². The number of ether oxygens (including phenoxy) is 3. The number of aromatic nitrogens is 1. The molecule has 288 valence electrons. The molecule has 52 heavy (non-hydrogen) atoms. The lowest BCUT2D eigenvalue weighted by molar-refractivity contribution is -0.160. The summed E-state index contributed by atoms with van der Waals surface area (Å²) in [6, 6.07) is 8.87. The Hall–Kier alpha value is -4.06. The van der Waals surface area contributed by atoms with Gasteiger partial charge in [-0.2, -0.15) is 0 Å². The van der Waals surface area contributed by atoms with Crippen LogP contribution in [0.1, 0.15) is 115 Å². The molecule has 1 aromatic heterocycles. The number of amides is 2. The Morgan fingerprint density at radius 3 is 2.25 bits per heavy atom. The smallest absolute Gasteiger partial charge is 0.309 e. The van der Waals surface area contributed by atoms with Crippen molar-refractivity contribution >= 4 is 41.1 Å². The Morgan fingerprint density at radius 2 is 1.69 bits per heavy atom. The lowest BCUT2D eigenvalue weighted by Gasteiger charge is -2.36. The van der Waals surface area contributed by atoms with E-state index in [1.165, 1.54) is 24.3 Å². The van der Waals surface area contributed by atoms with Crippen molar-refractivity contribution in [3.8, 4) is 0 Å². The van der Waals surface area contributed by atoms with Crippen LogP contribution >= 0.6 is 11.3 Å². The summed E-state index contributed by atoms with van der Waals surface area (Å²) >= 11 is 1.19. The molecule has 0 saturated heterocycles. The fourth-order valence-electron chi connectivity index (χ4n) is 6.00. The topological polar surface area (TPSA) is 141 Å². The van der Waals surface area contributed by atoms with Crippen LogP contribution in [-0.2, 0) is 39.8 Å². The van der Waals surface area contributed by atoms with E-state index in [4.69, 9.17) is 14.2 Å². The number of hydrogen-bond donors (Lipinski definition) is 1. The van der Waals surface area contributed by atoms with Crippen LogP contribution in [0.3, 0.4) is 0 Å². The van der Waals surface area contributed by atoms with E-state index in [0.29, 0.717) is 24.3 Å². The molecule has 12 heteroatoms. The monoisotopic (exact) mass is 741 g/mol. The standard InChI is InChI=1S/C40H59N3O8S/c1-12-19-49-39(48)27(6)20-30(21-29-17-15-14-16-18-29)41-36(46)32-24-52-37(42-32)34(50-28(7)44)23-33(25(3)4)43(11)38(47)31(26(5)13-2)22-35(45)51-40(8,9)10/h12,14-18,24-27,30-31,33-34H,1,13,19-23H2,2-11H3,(H,41,46)/t26-,27-,30+,31-,33+,34+/m0/s1. The van der Waals surface area contributed by atoms with Crippen LogP contribution in [0.4, 0.5) is 0 Å². The molecule has 2 amide bonds. The van der Waals surface area contributed by atoms with E-state index < -0.39 is 47.4 Å². The van der Waals surface area contributed by atoms with Gasteiger partial charge in [0.15, 0.2) is 6.10 Å². The van der Waals surface area contributed by atoms with Crippen LogP contribution in [0, 0.1) is 23.7 Å². The summed E-state index contributed by atoms with van der Waals surface area (Å²) in [4.78, 5) is 71.6. The second-order valence-electron chi connectivity index (χ2n) is 14.9. The molecule has 0 saturated carbocycles. The molecule has 1 N–H and O–H groups in total. The molecule has 2 aromatic rings. The molecule has 0 aliphatic rings. The highest BCUT2D eigenvalue weighted by Gasteiger charge is 2.36. The summed E-state index contributed by atoms with van der Waals surface area (Å²) in [6.45, 7) is 20.0. The summed E-state index contributed by atoms with van der Waals surface area (Å²) in [5.41, 5.74) is 0.471. The maximum atomic E-state index is 14.0. The first-order chi connectivity index (χ1) is 24.4. The second kappa shape index (κ2) is 20.8. The van der Waals surface area contributed by atoms with Crippen LogP contribution in [-0.4, -0.2) is 70.9 Å². The third-order valence-corrected chi connectivity index (χ3v) is 9.84. The highest BCUT2D eigenvalue weighted by atomic mass is 32.1. The number of nitrogens with zero attached hydrogens (tertiary/aromatic N) is 2. The fraction of sp³-hybridized carbons (Fsp3) is 0.600. The third kappa shape index (κ3) is 14.5. The van der Waals surface area contributed by atoms with Crippen LogP contribution in [0.5, 0.6) is 0 Å². The van der Waals surface area contributed by atoms with Crippen molar-refractivity contribution in [2.24, 2.45) is 23.7 Å². The summed E-state index contributed by atoms with van der Waals surface area (Å²) in [5.74, 6) is -3.15. The van der Waals surface area contributed by atoms with Gasteiger partial charge in [0.25, 0.3) is 5.91 Å². The largest absolute Gasteiger partial charge is 0.461 e. The molecule has 0 radical (unpaired) electrons. The summed E-state index contributed by atoms with van der Waals surface area (Å²) in [6.07, 6.45) is 2.38. The number of esters is 3. The molecule has 0 bridgehead atoms. The van der Waals surface area contributed by atoms with Gasteiger partial charge in [-0.15, -0.1) is 11.3 Å². The minimum atomic E-state index is -0.834. The van der Waals surface area contributed by atoms with Crippen molar-refractivity contribution in [1.29, 1.82) is 0 Å². The first-order valence-corrected chi connectivity index (χ1v) is 19.0. The van der Waals surface area contributed by atoms with Gasteiger partial charge in [-0.25, -0.2) is 4.98 Å². The maximum Gasteiger partial charge on any atom is 0.309 e. The molecule has 0 aliphatic carbocycles. The van der Waals surface area contributed by atoms with Crippen LogP contribution in [0.2, 0.25) is 0 Å². The van der Waals surface area contributed by atoms with E-state index in [0.717, 1.165) is 5.56 Å². The minimum Gasteiger partial charge on any atom is -0.461 e. The minimum absolute atomic E-state index is 0.0430. The van der Waals surface area contributed by atoms with Gasteiger partial charge in [0.05, 0.1) is 18.3 Å². The Kier molecular flexibility index (Phi) is 17.7. The number of nitrogens with one attached hydrogen (secondary N) is 1. The Bertz CT molecular complexity index is 1480. The maximum absolute atomic E-state index is 14.0. The van der Waals surface area contributed by atoms with Gasteiger partial charge in [-0.1, -0.05) is 84.0 Å².